The first-order valence-electron chi connectivity index (χ1n) is 6.37. The van der Waals surface area contributed by atoms with E-state index in [2.05, 4.69) is 43.4 Å². The summed E-state index contributed by atoms with van der Waals surface area (Å²) in [6.45, 7) is 6.91. The Morgan fingerprint density at radius 1 is 0.733 bits per heavy atom. The van der Waals surface area contributed by atoms with Gasteiger partial charge in [0.2, 0.25) is 0 Å². The van der Waals surface area contributed by atoms with Gasteiger partial charge in [0.1, 0.15) is 0 Å². The minimum atomic E-state index is 0. The number of rotatable bonds is 9. The average molecular weight is 429 g/mol. The number of alkyl halides is 1. The van der Waals surface area contributed by atoms with E-state index in [1.54, 1.807) is 0 Å². The monoisotopic (exact) mass is 430 g/mol. The third-order valence-electron chi connectivity index (χ3n) is 2.94. The van der Waals surface area contributed by atoms with Gasteiger partial charge < -0.3 is 0 Å². The maximum atomic E-state index is 2.74. The predicted octanol–water partition coefficient (Wildman–Crippen LogP) is 5.35. The fraction of sp³-hybridized carbons (Fsp3) is 1.00. The minimum absolute atomic E-state index is 0. The van der Waals surface area contributed by atoms with Crippen molar-refractivity contribution in [1.82, 2.24) is 0 Å². The topological polar surface area (TPSA) is 0 Å². The van der Waals surface area contributed by atoms with Crippen molar-refractivity contribution in [1.29, 1.82) is 0 Å². The molecule has 0 aliphatic carbocycles. The van der Waals surface area contributed by atoms with E-state index in [0.717, 1.165) is 0 Å². The minimum Gasteiger partial charge on any atom is -0.0789 e. The van der Waals surface area contributed by atoms with Crippen LogP contribution in [0.4, 0.5) is 0 Å². The van der Waals surface area contributed by atoms with Gasteiger partial charge in [-0.05, 0) is 19.3 Å². The van der Waals surface area contributed by atoms with Gasteiger partial charge in [-0.3, -0.25) is 0 Å². The van der Waals surface area contributed by atoms with Crippen molar-refractivity contribution in [2.45, 2.75) is 82.0 Å². The average Bonchev–Trinajstić information content (AvgIpc) is 2.21. The summed E-state index contributed by atoms with van der Waals surface area (Å²) in [7, 11) is 0. The molecular weight excluding hydrogens is 402 g/mol. The van der Waals surface area contributed by atoms with E-state index in [0.29, 0.717) is 3.42 Å². The van der Waals surface area contributed by atoms with Crippen molar-refractivity contribution in [2.24, 2.45) is 0 Å². The maximum absolute atomic E-state index is 2.74. The van der Waals surface area contributed by atoms with Crippen LogP contribution < -0.4 is 0 Å². The normalized spacial score (nSPS) is 11.2. The van der Waals surface area contributed by atoms with E-state index in [-0.39, 0.29) is 23.9 Å². The molecule has 0 aromatic rings. The molecule has 0 aromatic carbocycles. The fourth-order valence-electron chi connectivity index (χ4n) is 1.86. The Labute approximate surface area is 127 Å². The maximum Gasteiger partial charge on any atom is 0.0222 e. The van der Waals surface area contributed by atoms with Crippen molar-refractivity contribution in [3.05, 3.63) is 0 Å². The number of halogens is 1. The second-order valence-electron chi connectivity index (χ2n) is 4.46. The van der Waals surface area contributed by atoms with E-state index in [9.17, 15) is 0 Å². The van der Waals surface area contributed by atoms with Crippen molar-refractivity contribution < 1.29 is 0 Å². The van der Waals surface area contributed by atoms with Crippen LogP contribution in [0.2, 0.25) is 0 Å². The van der Waals surface area contributed by atoms with Gasteiger partial charge in [0, 0.05) is 27.3 Å². The van der Waals surface area contributed by atoms with E-state index in [1.165, 1.54) is 57.8 Å². The van der Waals surface area contributed by atoms with Crippen LogP contribution in [0, 0.1) is 0 Å². The van der Waals surface area contributed by atoms with Crippen LogP contribution in [0.1, 0.15) is 78.6 Å². The van der Waals surface area contributed by atoms with Crippen LogP contribution in [0.5, 0.6) is 0 Å². The summed E-state index contributed by atoms with van der Waals surface area (Å²) in [5.41, 5.74) is 0. The van der Waals surface area contributed by atoms with Crippen LogP contribution in [-0.4, -0.2) is 27.3 Å². The molecule has 0 N–H and O–H groups in total. The quantitative estimate of drug-likeness (QED) is 0.264. The molecule has 0 bridgehead atoms. The molecule has 0 heterocycles. The number of hydrogen-bond donors (Lipinski definition) is 0. The molecule has 0 saturated carbocycles. The fourth-order valence-corrected chi connectivity index (χ4v) is 3.00. The molecule has 0 aliphatic heterocycles. The second-order valence-corrected chi connectivity index (χ2v) is 6.75. The molecule has 4 radical (unpaired) electrons. The number of hydrogen-bond acceptors (Lipinski definition) is 0. The van der Waals surface area contributed by atoms with E-state index in [4.69, 9.17) is 0 Å². The van der Waals surface area contributed by atoms with Crippen molar-refractivity contribution >= 4 is 46.5 Å². The summed E-state index contributed by atoms with van der Waals surface area (Å²) in [5.74, 6) is 0. The first kappa shape index (κ1) is 18.9. The Morgan fingerprint density at radius 2 is 1.00 bits per heavy atom. The van der Waals surface area contributed by atoms with Gasteiger partial charge in [0.05, 0.1) is 0 Å². The molecule has 0 atom stereocenters. The summed E-state index contributed by atoms with van der Waals surface area (Å²) in [6, 6.07) is 0. The third-order valence-corrected chi connectivity index (χ3v) is 4.55. The van der Waals surface area contributed by atoms with Crippen molar-refractivity contribution in [2.75, 3.05) is 0 Å². The SMILES string of the molecule is CCCCC(I)(CCCC)CCCC.[Sn]. The molecule has 15 heavy (non-hydrogen) atoms. The Morgan fingerprint density at radius 3 is 1.20 bits per heavy atom. The summed E-state index contributed by atoms with van der Waals surface area (Å²) in [6.07, 6.45) is 12.6. The Hall–Kier alpha value is 1.53. The zero-order valence-corrected chi connectivity index (χ0v) is 15.8. The van der Waals surface area contributed by atoms with E-state index in [1.807, 2.05) is 0 Å². The van der Waals surface area contributed by atoms with Gasteiger partial charge in [-0.25, -0.2) is 0 Å². The third kappa shape index (κ3) is 10.4. The van der Waals surface area contributed by atoms with Gasteiger partial charge >= 0.3 is 0 Å². The molecule has 0 amide bonds. The smallest absolute Gasteiger partial charge is 0.0222 e. The van der Waals surface area contributed by atoms with Gasteiger partial charge in [-0.1, -0.05) is 81.9 Å². The summed E-state index contributed by atoms with van der Waals surface area (Å²) in [4.78, 5) is 0. The second kappa shape index (κ2) is 12.0. The molecule has 0 nitrogen and oxygen atoms in total. The van der Waals surface area contributed by atoms with Crippen LogP contribution in [-0.2, 0) is 0 Å². The Bertz CT molecular complexity index is 104. The van der Waals surface area contributed by atoms with Gasteiger partial charge in [-0.2, -0.15) is 0 Å². The molecule has 0 aliphatic rings. The molecule has 2 heteroatoms. The van der Waals surface area contributed by atoms with Gasteiger partial charge in [0.15, 0.2) is 0 Å². The molecular formula is C13H27ISn. The summed E-state index contributed by atoms with van der Waals surface area (Å²) in [5, 5.41) is 0. The zero-order chi connectivity index (χ0) is 10.9. The summed E-state index contributed by atoms with van der Waals surface area (Å²) >= 11 is 2.74. The molecule has 0 saturated heterocycles. The first-order chi connectivity index (χ1) is 6.68. The van der Waals surface area contributed by atoms with Gasteiger partial charge in [0.25, 0.3) is 0 Å². The molecule has 0 unspecified atom stereocenters. The van der Waals surface area contributed by atoms with E-state index < -0.39 is 0 Å². The van der Waals surface area contributed by atoms with Crippen LogP contribution in [0.3, 0.4) is 0 Å². The standard InChI is InChI=1S/C13H27I.Sn/c1-4-7-10-13(14,11-8-5-2)12-9-6-3;/h4-12H2,1-3H3;. The van der Waals surface area contributed by atoms with Crippen LogP contribution in [0.15, 0.2) is 0 Å². The molecule has 90 valence electrons. The number of unbranched alkanes of at least 4 members (excludes halogenated alkanes) is 3. The van der Waals surface area contributed by atoms with Gasteiger partial charge in [-0.15, -0.1) is 0 Å². The Balaban J connectivity index is 0. The molecule has 0 spiro atoms. The molecule has 0 rings (SSSR count). The largest absolute Gasteiger partial charge is 0.0789 e. The molecule has 0 fully saturated rings. The zero-order valence-electron chi connectivity index (χ0n) is 10.7. The van der Waals surface area contributed by atoms with Crippen molar-refractivity contribution in [3.63, 3.8) is 0 Å². The van der Waals surface area contributed by atoms with Crippen LogP contribution in [0.25, 0.3) is 0 Å². The van der Waals surface area contributed by atoms with E-state index >= 15 is 0 Å². The van der Waals surface area contributed by atoms with Crippen molar-refractivity contribution in [3.8, 4) is 0 Å². The summed E-state index contributed by atoms with van der Waals surface area (Å²) < 4.78 is 0.625. The predicted molar refractivity (Wildman–Crippen MR) is 81.1 cm³/mol. The Kier molecular flexibility index (Phi) is 15.1. The van der Waals surface area contributed by atoms with Crippen LogP contribution >= 0.6 is 22.6 Å². The molecule has 0 aromatic heterocycles. The first-order valence-corrected chi connectivity index (χ1v) is 7.45.